The second-order valence-corrected chi connectivity index (χ2v) is 4.01. The van der Waals surface area contributed by atoms with Crippen molar-refractivity contribution in [3.8, 4) is 5.88 Å². The summed E-state index contributed by atoms with van der Waals surface area (Å²) in [6, 6.07) is 12.2. The van der Waals surface area contributed by atoms with E-state index in [0.717, 1.165) is 18.8 Å². The molecular formula is C14H17N3O. The molecule has 0 radical (unpaired) electrons. The summed E-state index contributed by atoms with van der Waals surface area (Å²) in [5.74, 6) is 2.09. The Bertz CT molecular complexity index is 500. The normalized spacial score (nSPS) is 10.1. The number of nitrogens with one attached hydrogen (secondary N) is 1. The van der Waals surface area contributed by atoms with Crippen LogP contribution in [0, 0.1) is 6.92 Å². The first-order chi connectivity index (χ1) is 8.78. The molecule has 0 aliphatic heterocycles. The molecule has 2 rings (SSSR count). The average molecular weight is 243 g/mol. The van der Waals surface area contributed by atoms with Gasteiger partial charge in [0.1, 0.15) is 11.6 Å². The molecular weight excluding hydrogens is 226 g/mol. The predicted octanol–water partition coefficient (Wildman–Crippen LogP) is 2.45. The number of aromatic nitrogens is 2. The number of aryl methyl sites for hydroxylation is 1. The zero-order valence-electron chi connectivity index (χ0n) is 10.7. The molecule has 2 aromatic rings. The van der Waals surface area contributed by atoms with E-state index in [1.165, 1.54) is 5.56 Å². The van der Waals surface area contributed by atoms with Crippen LogP contribution in [0.25, 0.3) is 0 Å². The Hall–Kier alpha value is -2.10. The van der Waals surface area contributed by atoms with Crippen molar-refractivity contribution in [2.75, 3.05) is 19.0 Å². The number of benzene rings is 1. The molecule has 0 atom stereocenters. The van der Waals surface area contributed by atoms with Crippen molar-refractivity contribution in [1.82, 2.24) is 9.97 Å². The SMILES string of the molecule is COc1cc(NCCc2ccccc2)nc(C)n1. The summed E-state index contributed by atoms with van der Waals surface area (Å²) in [5.41, 5.74) is 1.31. The summed E-state index contributed by atoms with van der Waals surface area (Å²) < 4.78 is 5.11. The first-order valence-electron chi connectivity index (χ1n) is 5.95. The van der Waals surface area contributed by atoms with Crippen LogP contribution in [0.2, 0.25) is 0 Å². The van der Waals surface area contributed by atoms with Crippen LogP contribution in [0.5, 0.6) is 5.88 Å². The predicted molar refractivity (Wildman–Crippen MR) is 72.0 cm³/mol. The van der Waals surface area contributed by atoms with Gasteiger partial charge in [0.15, 0.2) is 0 Å². The van der Waals surface area contributed by atoms with Crippen LogP contribution in [0.4, 0.5) is 5.82 Å². The maximum atomic E-state index is 5.11. The third kappa shape index (κ3) is 3.45. The summed E-state index contributed by atoms with van der Waals surface area (Å²) >= 11 is 0. The lowest BCUT2D eigenvalue weighted by Gasteiger charge is -2.07. The monoisotopic (exact) mass is 243 g/mol. The number of nitrogens with zero attached hydrogens (tertiary/aromatic N) is 2. The number of ether oxygens (including phenoxy) is 1. The molecule has 4 heteroatoms. The fraction of sp³-hybridized carbons (Fsp3) is 0.286. The van der Waals surface area contributed by atoms with Gasteiger partial charge in [-0.15, -0.1) is 0 Å². The Morgan fingerprint density at radius 2 is 1.94 bits per heavy atom. The minimum atomic E-state index is 0.588. The fourth-order valence-corrected chi connectivity index (χ4v) is 1.72. The van der Waals surface area contributed by atoms with E-state index in [2.05, 4.69) is 27.4 Å². The third-order valence-corrected chi connectivity index (χ3v) is 2.59. The Morgan fingerprint density at radius 3 is 2.67 bits per heavy atom. The van der Waals surface area contributed by atoms with E-state index in [0.29, 0.717) is 11.7 Å². The molecule has 4 nitrogen and oxygen atoms in total. The number of hydrogen-bond acceptors (Lipinski definition) is 4. The second-order valence-electron chi connectivity index (χ2n) is 4.01. The minimum Gasteiger partial charge on any atom is -0.481 e. The highest BCUT2D eigenvalue weighted by Gasteiger charge is 2.01. The minimum absolute atomic E-state index is 0.588. The summed E-state index contributed by atoms with van der Waals surface area (Å²) in [7, 11) is 1.61. The highest BCUT2D eigenvalue weighted by Crippen LogP contribution is 2.12. The van der Waals surface area contributed by atoms with E-state index in [4.69, 9.17) is 4.74 Å². The molecule has 1 aromatic heterocycles. The zero-order chi connectivity index (χ0) is 12.8. The number of anilines is 1. The van der Waals surface area contributed by atoms with Crippen LogP contribution in [-0.2, 0) is 6.42 Å². The summed E-state index contributed by atoms with van der Waals surface area (Å²) in [6.07, 6.45) is 0.964. The molecule has 0 bridgehead atoms. The van der Waals surface area contributed by atoms with Crippen LogP contribution >= 0.6 is 0 Å². The van der Waals surface area contributed by atoms with E-state index in [1.54, 1.807) is 13.2 Å². The molecule has 94 valence electrons. The third-order valence-electron chi connectivity index (χ3n) is 2.59. The van der Waals surface area contributed by atoms with Crippen LogP contribution < -0.4 is 10.1 Å². The quantitative estimate of drug-likeness (QED) is 0.876. The summed E-state index contributed by atoms with van der Waals surface area (Å²) in [4.78, 5) is 8.46. The van der Waals surface area contributed by atoms with E-state index >= 15 is 0 Å². The van der Waals surface area contributed by atoms with Gasteiger partial charge in [0.2, 0.25) is 5.88 Å². The van der Waals surface area contributed by atoms with Gasteiger partial charge < -0.3 is 10.1 Å². The Kier molecular flexibility index (Phi) is 4.12. The van der Waals surface area contributed by atoms with Crippen LogP contribution in [0.3, 0.4) is 0 Å². The summed E-state index contributed by atoms with van der Waals surface area (Å²) in [6.45, 7) is 2.69. The van der Waals surface area contributed by atoms with Crippen LogP contribution in [-0.4, -0.2) is 23.6 Å². The molecule has 1 heterocycles. The highest BCUT2D eigenvalue weighted by atomic mass is 16.5. The van der Waals surface area contributed by atoms with Gasteiger partial charge in [-0.2, -0.15) is 4.98 Å². The van der Waals surface area contributed by atoms with Crippen molar-refractivity contribution in [3.05, 3.63) is 47.8 Å². The smallest absolute Gasteiger partial charge is 0.218 e. The van der Waals surface area contributed by atoms with Gasteiger partial charge in [0, 0.05) is 12.6 Å². The Morgan fingerprint density at radius 1 is 1.17 bits per heavy atom. The van der Waals surface area contributed by atoms with E-state index in [1.807, 2.05) is 25.1 Å². The molecule has 0 unspecified atom stereocenters. The molecule has 0 spiro atoms. The van der Waals surface area contributed by atoms with Crippen LogP contribution in [0.15, 0.2) is 36.4 Å². The van der Waals surface area contributed by atoms with Gasteiger partial charge in [-0.1, -0.05) is 30.3 Å². The van der Waals surface area contributed by atoms with Crippen molar-refractivity contribution in [1.29, 1.82) is 0 Å². The highest BCUT2D eigenvalue weighted by molar-refractivity contribution is 5.38. The maximum absolute atomic E-state index is 5.11. The molecule has 0 aliphatic rings. The van der Waals surface area contributed by atoms with Crippen molar-refractivity contribution in [3.63, 3.8) is 0 Å². The van der Waals surface area contributed by atoms with Gasteiger partial charge in [0.25, 0.3) is 0 Å². The second kappa shape index (κ2) is 6.00. The van der Waals surface area contributed by atoms with Crippen molar-refractivity contribution in [2.45, 2.75) is 13.3 Å². The molecule has 0 aliphatic carbocycles. The zero-order valence-corrected chi connectivity index (χ0v) is 10.7. The van der Waals surface area contributed by atoms with Gasteiger partial charge in [-0.05, 0) is 18.9 Å². The molecule has 0 saturated heterocycles. The molecule has 1 aromatic carbocycles. The molecule has 18 heavy (non-hydrogen) atoms. The van der Waals surface area contributed by atoms with E-state index in [9.17, 15) is 0 Å². The van der Waals surface area contributed by atoms with Gasteiger partial charge in [-0.3, -0.25) is 0 Å². The number of rotatable bonds is 5. The van der Waals surface area contributed by atoms with E-state index in [-0.39, 0.29) is 0 Å². The molecule has 0 amide bonds. The van der Waals surface area contributed by atoms with Gasteiger partial charge in [0.05, 0.1) is 7.11 Å². The van der Waals surface area contributed by atoms with Gasteiger partial charge in [-0.25, -0.2) is 4.98 Å². The lowest BCUT2D eigenvalue weighted by Crippen LogP contribution is -2.07. The first-order valence-corrected chi connectivity index (χ1v) is 5.95. The largest absolute Gasteiger partial charge is 0.481 e. The van der Waals surface area contributed by atoms with Crippen molar-refractivity contribution >= 4 is 5.82 Å². The summed E-state index contributed by atoms with van der Waals surface area (Å²) in [5, 5.41) is 3.28. The lowest BCUT2D eigenvalue weighted by atomic mass is 10.1. The van der Waals surface area contributed by atoms with Crippen molar-refractivity contribution < 1.29 is 4.74 Å². The maximum Gasteiger partial charge on any atom is 0.218 e. The van der Waals surface area contributed by atoms with Crippen molar-refractivity contribution in [2.24, 2.45) is 0 Å². The average Bonchev–Trinajstić information content (AvgIpc) is 2.39. The molecule has 0 fully saturated rings. The lowest BCUT2D eigenvalue weighted by molar-refractivity contribution is 0.396. The molecule has 0 saturated carbocycles. The standard InChI is InChI=1S/C14H17N3O/c1-11-16-13(10-14(17-11)18-2)15-9-8-12-6-4-3-5-7-12/h3-7,10H,8-9H2,1-2H3,(H,15,16,17). The number of hydrogen-bond donors (Lipinski definition) is 1. The topological polar surface area (TPSA) is 47.0 Å². The Balaban J connectivity index is 1.92. The number of methoxy groups -OCH3 is 1. The van der Waals surface area contributed by atoms with Crippen LogP contribution in [0.1, 0.15) is 11.4 Å². The molecule has 1 N–H and O–H groups in total. The fourth-order valence-electron chi connectivity index (χ4n) is 1.72. The van der Waals surface area contributed by atoms with E-state index < -0.39 is 0 Å². The Labute approximate surface area is 107 Å². The van der Waals surface area contributed by atoms with Gasteiger partial charge >= 0.3 is 0 Å². The first kappa shape index (κ1) is 12.4.